The molecule has 1 atom stereocenters. The lowest BCUT2D eigenvalue weighted by Gasteiger charge is -2.30. The number of carbonyl (C=O) groups is 1. The van der Waals surface area contributed by atoms with E-state index < -0.39 is 6.04 Å². The molecule has 0 bridgehead atoms. The first-order valence-electron chi connectivity index (χ1n) is 12.0. The normalized spacial score (nSPS) is 12.1. The van der Waals surface area contributed by atoms with E-state index in [1.807, 2.05) is 38.1 Å². The third-order valence-electron chi connectivity index (χ3n) is 6.17. The molecule has 0 aliphatic carbocycles. The van der Waals surface area contributed by atoms with Crippen LogP contribution in [0.4, 0.5) is 0 Å². The second-order valence-corrected chi connectivity index (χ2v) is 8.94. The zero-order valence-corrected chi connectivity index (χ0v) is 21.3. The molecule has 7 heteroatoms. The summed E-state index contributed by atoms with van der Waals surface area (Å²) in [5.74, 6) is 0.413. The van der Waals surface area contributed by atoms with Gasteiger partial charge >= 0.3 is 0 Å². The molecule has 2 aromatic carbocycles. The number of amides is 1. The molecule has 34 heavy (non-hydrogen) atoms. The number of unbranched alkanes of at least 4 members (excludes halogenated alkanes) is 2. The van der Waals surface area contributed by atoms with Crippen molar-refractivity contribution in [3.8, 4) is 0 Å². The maximum atomic E-state index is 13.6. The monoisotopic (exact) mass is 483 g/mol. The summed E-state index contributed by atoms with van der Waals surface area (Å²) >= 11 is 6.16. The van der Waals surface area contributed by atoms with Gasteiger partial charge in [-0.15, -0.1) is 0 Å². The average Bonchev–Trinajstić information content (AvgIpc) is 2.84. The Balaban J connectivity index is 1.97. The van der Waals surface area contributed by atoms with Gasteiger partial charge in [0.1, 0.15) is 5.82 Å². The summed E-state index contributed by atoms with van der Waals surface area (Å²) in [5, 5.41) is 1.02. The number of nitrogens with zero attached hydrogens (tertiary/aromatic N) is 3. The lowest BCUT2D eigenvalue weighted by Crippen LogP contribution is -2.39. The molecule has 0 aliphatic rings. The van der Waals surface area contributed by atoms with Crippen molar-refractivity contribution in [1.29, 1.82) is 0 Å². The molecule has 0 radical (unpaired) electrons. The highest BCUT2D eigenvalue weighted by atomic mass is 35.5. The third kappa shape index (κ3) is 5.86. The number of carbonyl (C=O) groups excluding carboxylic acids is 1. The molecule has 6 nitrogen and oxygen atoms in total. The SMILES string of the molecule is CCCCCc1ccc(C(=O)N(CCOC)C(C)c2nc3cc(Cl)ccc3c(=O)n2CC)cc1. The molecule has 1 heterocycles. The molecular weight excluding hydrogens is 450 g/mol. The highest BCUT2D eigenvalue weighted by molar-refractivity contribution is 6.31. The number of hydrogen-bond acceptors (Lipinski definition) is 4. The number of benzene rings is 2. The first kappa shape index (κ1) is 25.9. The van der Waals surface area contributed by atoms with E-state index in [0.29, 0.717) is 47.0 Å². The van der Waals surface area contributed by atoms with E-state index in [0.717, 1.165) is 12.8 Å². The smallest absolute Gasteiger partial charge is 0.261 e. The molecule has 1 unspecified atom stereocenters. The summed E-state index contributed by atoms with van der Waals surface area (Å²) < 4.78 is 6.91. The van der Waals surface area contributed by atoms with Gasteiger partial charge in [0.2, 0.25) is 0 Å². The van der Waals surface area contributed by atoms with Crippen molar-refractivity contribution >= 4 is 28.4 Å². The predicted octanol–water partition coefficient (Wildman–Crippen LogP) is 5.65. The van der Waals surface area contributed by atoms with Crippen molar-refractivity contribution in [2.45, 2.75) is 59.0 Å². The molecule has 1 amide bonds. The standard InChI is InChI=1S/C27H34ClN3O3/c1-5-7-8-9-20-10-12-21(13-11-20)26(32)31(16-17-34-4)19(3)25-29-24-18-22(28)14-15-23(24)27(33)30(25)6-2/h10-15,18-19H,5-9,16-17H2,1-4H3. The van der Waals surface area contributed by atoms with Crippen LogP contribution in [0.15, 0.2) is 47.3 Å². The molecule has 0 aliphatic heterocycles. The van der Waals surface area contributed by atoms with Crippen LogP contribution in [0.2, 0.25) is 5.02 Å². The number of ether oxygens (including phenoxy) is 1. The Bertz CT molecular complexity index is 1170. The van der Waals surface area contributed by atoms with E-state index in [9.17, 15) is 9.59 Å². The number of hydrogen-bond donors (Lipinski definition) is 0. The molecule has 0 fully saturated rings. The Morgan fingerprint density at radius 2 is 1.88 bits per heavy atom. The van der Waals surface area contributed by atoms with E-state index in [1.165, 1.54) is 18.4 Å². The van der Waals surface area contributed by atoms with Crippen LogP contribution in [0.1, 0.15) is 67.8 Å². The van der Waals surface area contributed by atoms with Crippen LogP contribution < -0.4 is 5.56 Å². The van der Waals surface area contributed by atoms with E-state index in [1.54, 1.807) is 34.8 Å². The van der Waals surface area contributed by atoms with Gasteiger partial charge in [0.25, 0.3) is 11.5 Å². The molecule has 0 N–H and O–H groups in total. The van der Waals surface area contributed by atoms with Gasteiger partial charge in [-0.05, 0) is 62.6 Å². The average molecular weight is 484 g/mol. The third-order valence-corrected chi connectivity index (χ3v) is 6.41. The minimum atomic E-state index is -0.442. The van der Waals surface area contributed by atoms with Crippen LogP contribution in [0.3, 0.4) is 0 Å². The summed E-state index contributed by atoms with van der Waals surface area (Å²) in [7, 11) is 1.61. The molecule has 3 aromatic rings. The minimum absolute atomic E-state index is 0.118. The summed E-state index contributed by atoms with van der Waals surface area (Å²) in [5.41, 5.74) is 2.23. The molecule has 0 spiro atoms. The lowest BCUT2D eigenvalue weighted by molar-refractivity contribution is 0.0603. The van der Waals surface area contributed by atoms with Crippen LogP contribution in [-0.4, -0.2) is 40.6 Å². The Hall–Kier alpha value is -2.70. The molecule has 182 valence electrons. The summed E-state index contributed by atoms with van der Waals surface area (Å²) in [6.45, 7) is 7.19. The van der Waals surface area contributed by atoms with Crippen LogP contribution in [0.25, 0.3) is 10.9 Å². The lowest BCUT2D eigenvalue weighted by atomic mass is 10.0. The zero-order valence-electron chi connectivity index (χ0n) is 20.5. The maximum Gasteiger partial charge on any atom is 0.261 e. The molecule has 0 saturated heterocycles. The van der Waals surface area contributed by atoms with Crippen molar-refractivity contribution in [2.24, 2.45) is 0 Å². The van der Waals surface area contributed by atoms with Crippen molar-refractivity contribution in [1.82, 2.24) is 14.5 Å². The van der Waals surface area contributed by atoms with Gasteiger partial charge in [-0.3, -0.25) is 14.2 Å². The van der Waals surface area contributed by atoms with Gasteiger partial charge in [0, 0.05) is 30.8 Å². The zero-order chi connectivity index (χ0) is 24.7. The second kappa shape index (κ2) is 12.1. The number of aromatic nitrogens is 2. The largest absolute Gasteiger partial charge is 0.383 e. The van der Waals surface area contributed by atoms with Crippen LogP contribution in [0.5, 0.6) is 0 Å². The second-order valence-electron chi connectivity index (χ2n) is 8.50. The van der Waals surface area contributed by atoms with Gasteiger partial charge < -0.3 is 9.64 Å². The number of methoxy groups -OCH3 is 1. The van der Waals surface area contributed by atoms with E-state index >= 15 is 0 Å². The van der Waals surface area contributed by atoms with Crippen molar-refractivity contribution in [3.63, 3.8) is 0 Å². The number of rotatable bonds is 11. The highest BCUT2D eigenvalue weighted by Gasteiger charge is 2.26. The highest BCUT2D eigenvalue weighted by Crippen LogP contribution is 2.24. The summed E-state index contributed by atoms with van der Waals surface area (Å²) in [6.07, 6.45) is 4.54. The quantitative estimate of drug-likeness (QED) is 0.330. The Kier molecular flexibility index (Phi) is 9.25. The van der Waals surface area contributed by atoms with Gasteiger partial charge in [-0.1, -0.05) is 43.5 Å². The van der Waals surface area contributed by atoms with E-state index in [4.69, 9.17) is 21.3 Å². The molecular formula is C27H34ClN3O3. The Morgan fingerprint density at radius 1 is 1.15 bits per heavy atom. The van der Waals surface area contributed by atoms with Crippen LogP contribution in [0, 0.1) is 0 Å². The van der Waals surface area contributed by atoms with E-state index in [2.05, 4.69) is 6.92 Å². The number of fused-ring (bicyclic) bond motifs is 1. The van der Waals surface area contributed by atoms with Gasteiger partial charge in [0.05, 0.1) is 23.6 Å². The topological polar surface area (TPSA) is 64.4 Å². The fourth-order valence-corrected chi connectivity index (χ4v) is 4.36. The van der Waals surface area contributed by atoms with Crippen molar-refractivity contribution in [2.75, 3.05) is 20.3 Å². The Labute approximate surface area is 206 Å². The first-order chi connectivity index (χ1) is 16.4. The van der Waals surface area contributed by atoms with Gasteiger partial charge in [-0.2, -0.15) is 0 Å². The van der Waals surface area contributed by atoms with Crippen LogP contribution in [-0.2, 0) is 17.7 Å². The van der Waals surface area contributed by atoms with Crippen molar-refractivity contribution < 1.29 is 9.53 Å². The fraction of sp³-hybridized carbons (Fsp3) is 0.444. The van der Waals surface area contributed by atoms with Crippen LogP contribution >= 0.6 is 11.6 Å². The summed E-state index contributed by atoms with van der Waals surface area (Å²) in [4.78, 5) is 33.2. The fourth-order valence-electron chi connectivity index (χ4n) is 4.19. The first-order valence-corrected chi connectivity index (χ1v) is 12.4. The molecule has 3 rings (SSSR count). The van der Waals surface area contributed by atoms with Gasteiger partial charge in [0.15, 0.2) is 0 Å². The number of halogens is 1. The predicted molar refractivity (Wildman–Crippen MR) is 138 cm³/mol. The van der Waals surface area contributed by atoms with Crippen molar-refractivity contribution in [3.05, 3.63) is 74.8 Å². The van der Waals surface area contributed by atoms with Gasteiger partial charge in [-0.25, -0.2) is 4.98 Å². The molecule has 1 aromatic heterocycles. The minimum Gasteiger partial charge on any atom is -0.383 e. The number of aryl methyl sites for hydroxylation is 1. The van der Waals surface area contributed by atoms with E-state index in [-0.39, 0.29) is 11.5 Å². The summed E-state index contributed by atoms with van der Waals surface area (Å²) in [6, 6.07) is 12.5. The molecule has 0 saturated carbocycles. The Morgan fingerprint density at radius 3 is 2.53 bits per heavy atom. The maximum absolute atomic E-state index is 13.6.